The highest BCUT2D eigenvalue weighted by Crippen LogP contribution is 2.34. The molecule has 1 aliphatic rings. The average molecular weight is 727 g/mol. The smallest absolute Gasteiger partial charge is 0.246 e. The topological polar surface area (TPSA) is 87.9 Å². The number of pyridine rings is 1. The molecule has 5 aromatic rings. The van der Waals surface area contributed by atoms with Crippen LogP contribution in [0.25, 0.3) is 6.08 Å². The monoisotopic (exact) mass is 726 g/mol. The van der Waals surface area contributed by atoms with Crippen LogP contribution in [-0.2, 0) is 24.4 Å². The van der Waals surface area contributed by atoms with Crippen molar-refractivity contribution in [2.75, 3.05) is 32.8 Å². The Kier molecular flexibility index (Phi) is 12.8. The number of hydrogen-bond acceptors (Lipinski definition) is 7. The molecule has 53 heavy (non-hydrogen) atoms. The third-order valence-electron chi connectivity index (χ3n) is 9.09. The molecular weight excluding hydrogens is 684 g/mol. The summed E-state index contributed by atoms with van der Waals surface area (Å²) in [5.74, 6) is 2.38. The predicted molar refractivity (Wildman–Crippen MR) is 208 cm³/mol. The van der Waals surface area contributed by atoms with E-state index in [4.69, 9.17) is 31.1 Å². The lowest BCUT2D eigenvalue weighted by Crippen LogP contribution is -2.47. The number of halogens is 1. The third-order valence-corrected chi connectivity index (χ3v) is 9.37. The van der Waals surface area contributed by atoms with Crippen molar-refractivity contribution < 1.29 is 19.0 Å². The zero-order valence-corrected chi connectivity index (χ0v) is 30.9. The van der Waals surface area contributed by atoms with Crippen LogP contribution < -0.4 is 14.2 Å². The van der Waals surface area contributed by atoms with Crippen LogP contribution in [0.4, 0.5) is 0 Å². The van der Waals surface area contributed by atoms with Gasteiger partial charge in [0.05, 0.1) is 29.5 Å². The number of amides is 1. The minimum atomic E-state index is -0.0137. The van der Waals surface area contributed by atoms with Crippen LogP contribution in [0.5, 0.6) is 23.1 Å². The molecule has 1 amide bonds. The van der Waals surface area contributed by atoms with Gasteiger partial charge in [0.1, 0.15) is 18.1 Å². The standard InChI is InChI=1S/C44H43ClN4O4/c1-32-5-16-39(17-6-32)51-25-3-4-34-7-11-36(12-8-34)30-48-21-23-49(24-22-48)43(50)20-15-38-26-33(2)44(41(45)27-38)53-42-19-18-40(29-47-42)52-31-37-13-9-35(28-46)10-14-37/h5-20,26-27,29H,3-4,21-25,30-31H2,1-2H3/b20-15+. The van der Waals surface area contributed by atoms with Gasteiger partial charge in [-0.25, -0.2) is 4.98 Å². The Morgan fingerprint density at radius 1 is 0.849 bits per heavy atom. The molecule has 0 radical (unpaired) electrons. The number of aryl methyl sites for hydroxylation is 3. The van der Waals surface area contributed by atoms with Crippen molar-refractivity contribution in [3.8, 4) is 29.2 Å². The number of carbonyl (C=O) groups excluding carboxylic acids is 1. The van der Waals surface area contributed by atoms with E-state index in [1.165, 1.54) is 16.7 Å². The molecule has 9 heteroatoms. The highest BCUT2D eigenvalue weighted by molar-refractivity contribution is 6.32. The summed E-state index contributed by atoms with van der Waals surface area (Å²) in [6, 6.07) is 33.6. The summed E-state index contributed by atoms with van der Waals surface area (Å²) in [5.41, 5.74) is 7.02. The van der Waals surface area contributed by atoms with Gasteiger partial charge in [0.25, 0.3) is 0 Å². The largest absolute Gasteiger partial charge is 0.494 e. The fourth-order valence-electron chi connectivity index (χ4n) is 6.01. The highest BCUT2D eigenvalue weighted by atomic mass is 35.5. The molecule has 0 saturated carbocycles. The van der Waals surface area contributed by atoms with E-state index in [1.54, 1.807) is 48.7 Å². The van der Waals surface area contributed by atoms with Gasteiger partial charge in [0, 0.05) is 44.9 Å². The molecule has 270 valence electrons. The molecule has 1 aromatic heterocycles. The number of nitrogens with zero attached hydrogens (tertiary/aromatic N) is 4. The number of benzene rings is 4. The summed E-state index contributed by atoms with van der Waals surface area (Å²) in [7, 11) is 0. The van der Waals surface area contributed by atoms with Crippen LogP contribution >= 0.6 is 11.6 Å². The SMILES string of the molecule is Cc1ccc(OCCCc2ccc(CN3CCN(C(=O)/C=C/c4cc(C)c(Oc5ccc(OCc6ccc(C#N)cc6)cn5)c(Cl)c4)CC3)cc2)cc1. The molecule has 1 aliphatic heterocycles. The fraction of sp³-hybridized carbons (Fsp3) is 0.250. The van der Waals surface area contributed by atoms with Gasteiger partial charge in [0.2, 0.25) is 11.8 Å². The summed E-state index contributed by atoms with van der Waals surface area (Å²) in [6.07, 6.45) is 6.96. The van der Waals surface area contributed by atoms with E-state index in [0.29, 0.717) is 54.3 Å². The molecule has 1 saturated heterocycles. The molecule has 0 bridgehead atoms. The lowest BCUT2D eigenvalue weighted by Gasteiger charge is -2.34. The van der Waals surface area contributed by atoms with Crippen LogP contribution in [0, 0.1) is 25.2 Å². The molecule has 0 atom stereocenters. The minimum absolute atomic E-state index is 0.0137. The van der Waals surface area contributed by atoms with Crippen LogP contribution in [0.15, 0.2) is 109 Å². The third kappa shape index (κ3) is 10.9. The van der Waals surface area contributed by atoms with E-state index in [0.717, 1.165) is 54.9 Å². The summed E-state index contributed by atoms with van der Waals surface area (Å²) in [6.45, 7) is 8.93. The maximum absolute atomic E-state index is 13.1. The van der Waals surface area contributed by atoms with Gasteiger partial charge < -0.3 is 19.1 Å². The normalized spacial score (nSPS) is 13.1. The first-order valence-corrected chi connectivity index (χ1v) is 18.2. The molecule has 0 N–H and O–H groups in total. The second-order valence-corrected chi connectivity index (χ2v) is 13.6. The van der Waals surface area contributed by atoms with Crippen LogP contribution in [0.2, 0.25) is 5.02 Å². The number of aromatic nitrogens is 1. The predicted octanol–water partition coefficient (Wildman–Crippen LogP) is 8.96. The van der Waals surface area contributed by atoms with Crippen molar-refractivity contribution >= 4 is 23.6 Å². The van der Waals surface area contributed by atoms with E-state index < -0.39 is 0 Å². The van der Waals surface area contributed by atoms with Crippen molar-refractivity contribution in [3.63, 3.8) is 0 Å². The molecule has 0 aliphatic carbocycles. The maximum atomic E-state index is 13.1. The van der Waals surface area contributed by atoms with Gasteiger partial charge >= 0.3 is 0 Å². The summed E-state index contributed by atoms with van der Waals surface area (Å²) in [5, 5.41) is 9.38. The van der Waals surface area contributed by atoms with E-state index in [2.05, 4.69) is 59.3 Å². The lowest BCUT2D eigenvalue weighted by molar-refractivity contribution is -0.127. The summed E-state index contributed by atoms with van der Waals surface area (Å²) in [4.78, 5) is 21.7. The second-order valence-electron chi connectivity index (χ2n) is 13.2. The van der Waals surface area contributed by atoms with Gasteiger partial charge in [-0.05, 0) is 103 Å². The Balaban J connectivity index is 0.917. The van der Waals surface area contributed by atoms with Gasteiger partial charge in [-0.3, -0.25) is 9.69 Å². The Hall–Kier alpha value is -5.62. The molecule has 8 nitrogen and oxygen atoms in total. The number of carbonyl (C=O) groups is 1. The van der Waals surface area contributed by atoms with Crippen LogP contribution in [0.1, 0.15) is 45.4 Å². The highest BCUT2D eigenvalue weighted by Gasteiger charge is 2.20. The molecule has 0 unspecified atom stereocenters. The molecule has 1 fully saturated rings. The number of hydrogen-bond donors (Lipinski definition) is 0. The molecule has 4 aromatic carbocycles. The quantitative estimate of drug-likeness (QED) is 0.0834. The Bertz CT molecular complexity index is 2010. The summed E-state index contributed by atoms with van der Waals surface area (Å²) < 4.78 is 17.7. The van der Waals surface area contributed by atoms with Crippen molar-refractivity contribution in [3.05, 3.63) is 153 Å². The van der Waals surface area contributed by atoms with E-state index in [9.17, 15) is 4.79 Å². The van der Waals surface area contributed by atoms with Crippen molar-refractivity contribution in [1.82, 2.24) is 14.8 Å². The van der Waals surface area contributed by atoms with Gasteiger partial charge in [0.15, 0.2) is 5.75 Å². The second kappa shape index (κ2) is 18.2. The summed E-state index contributed by atoms with van der Waals surface area (Å²) >= 11 is 6.63. The van der Waals surface area contributed by atoms with Crippen molar-refractivity contribution in [2.24, 2.45) is 0 Å². The van der Waals surface area contributed by atoms with Gasteiger partial charge in [-0.2, -0.15) is 5.26 Å². The number of piperazine rings is 1. The Morgan fingerprint density at radius 3 is 2.23 bits per heavy atom. The first-order chi connectivity index (χ1) is 25.8. The van der Waals surface area contributed by atoms with Crippen molar-refractivity contribution in [1.29, 1.82) is 5.26 Å². The number of ether oxygens (including phenoxy) is 3. The number of nitriles is 1. The molecule has 0 spiro atoms. The first kappa shape index (κ1) is 37.1. The number of rotatable bonds is 14. The molecular formula is C44H43ClN4O4. The Labute approximate surface area is 316 Å². The zero-order valence-electron chi connectivity index (χ0n) is 30.1. The van der Waals surface area contributed by atoms with Crippen LogP contribution in [0.3, 0.4) is 0 Å². The Morgan fingerprint density at radius 2 is 1.55 bits per heavy atom. The van der Waals surface area contributed by atoms with Crippen LogP contribution in [-0.4, -0.2) is 53.5 Å². The zero-order chi connectivity index (χ0) is 37.0. The fourth-order valence-corrected chi connectivity index (χ4v) is 6.33. The molecule has 2 heterocycles. The minimum Gasteiger partial charge on any atom is -0.494 e. The first-order valence-electron chi connectivity index (χ1n) is 17.8. The average Bonchev–Trinajstić information content (AvgIpc) is 3.18. The van der Waals surface area contributed by atoms with E-state index >= 15 is 0 Å². The van der Waals surface area contributed by atoms with Gasteiger partial charge in [-0.15, -0.1) is 0 Å². The lowest BCUT2D eigenvalue weighted by atomic mass is 10.1. The van der Waals surface area contributed by atoms with Gasteiger partial charge in [-0.1, -0.05) is 65.7 Å². The van der Waals surface area contributed by atoms with E-state index in [-0.39, 0.29) is 5.91 Å². The van der Waals surface area contributed by atoms with Crippen molar-refractivity contribution in [2.45, 2.75) is 39.8 Å². The molecule has 6 rings (SSSR count). The maximum Gasteiger partial charge on any atom is 0.246 e. The van der Waals surface area contributed by atoms with E-state index in [1.807, 2.05) is 42.2 Å².